The van der Waals surface area contributed by atoms with E-state index in [1.165, 1.54) is 34.6 Å². The molecule has 0 saturated carbocycles. The number of hydrogen-bond donors (Lipinski definition) is 1. The summed E-state index contributed by atoms with van der Waals surface area (Å²) in [7, 11) is -3.78. The van der Waals surface area contributed by atoms with Gasteiger partial charge in [-0.1, -0.05) is 52.5 Å². The number of sulfonamides is 1. The maximum absolute atomic E-state index is 14.0. The molecular formula is C19H17Cl4FN2O3S. The van der Waals surface area contributed by atoms with Gasteiger partial charge >= 0.3 is 0 Å². The van der Waals surface area contributed by atoms with Crippen LogP contribution in [-0.2, 0) is 20.6 Å². The monoisotopic (exact) mass is 512 g/mol. The van der Waals surface area contributed by atoms with Crippen LogP contribution in [0.3, 0.4) is 0 Å². The minimum atomic E-state index is -3.78. The molecule has 0 unspecified atom stereocenters. The third-order valence-corrected chi connectivity index (χ3v) is 8.07. The molecule has 11 heteroatoms. The topological polar surface area (TPSA) is 66.5 Å². The summed E-state index contributed by atoms with van der Waals surface area (Å²) in [6.45, 7) is 0.281. The average molecular weight is 514 g/mol. The highest BCUT2D eigenvalue weighted by Crippen LogP contribution is 2.33. The highest BCUT2D eigenvalue weighted by molar-refractivity contribution is 7.88. The number of hydrogen-bond acceptors (Lipinski definition) is 3. The molecule has 2 aromatic carbocycles. The van der Waals surface area contributed by atoms with Crippen molar-refractivity contribution >= 4 is 68.0 Å². The van der Waals surface area contributed by atoms with Crippen molar-refractivity contribution in [3.63, 3.8) is 0 Å². The van der Waals surface area contributed by atoms with E-state index in [4.69, 9.17) is 46.4 Å². The second-order valence-electron chi connectivity index (χ2n) is 6.87. The summed E-state index contributed by atoms with van der Waals surface area (Å²) in [6, 6.07) is 6.92. The molecule has 1 aliphatic rings. The van der Waals surface area contributed by atoms with Gasteiger partial charge in [-0.15, -0.1) is 0 Å². The summed E-state index contributed by atoms with van der Waals surface area (Å²) in [6.07, 6.45) is 0.629. The largest absolute Gasteiger partial charge is 0.324 e. The van der Waals surface area contributed by atoms with Crippen LogP contribution in [0.15, 0.2) is 30.3 Å². The number of amides is 1. The highest BCUT2D eigenvalue weighted by atomic mass is 35.5. The maximum atomic E-state index is 14.0. The summed E-state index contributed by atoms with van der Waals surface area (Å²) in [5.74, 6) is -1.89. The molecule has 30 heavy (non-hydrogen) atoms. The molecule has 0 aliphatic carbocycles. The van der Waals surface area contributed by atoms with Crippen LogP contribution in [0.4, 0.5) is 10.1 Å². The lowest BCUT2D eigenvalue weighted by atomic mass is 9.97. The Labute approximate surface area is 194 Å². The number of piperidine rings is 1. The van der Waals surface area contributed by atoms with Gasteiger partial charge < -0.3 is 5.32 Å². The van der Waals surface area contributed by atoms with Crippen molar-refractivity contribution in [3.05, 3.63) is 61.8 Å². The third-order valence-electron chi connectivity index (χ3n) is 4.87. The number of carbonyl (C=O) groups is 1. The van der Waals surface area contributed by atoms with Crippen LogP contribution in [0.2, 0.25) is 20.1 Å². The van der Waals surface area contributed by atoms with Gasteiger partial charge in [-0.2, -0.15) is 0 Å². The normalized spacial score (nSPS) is 15.9. The van der Waals surface area contributed by atoms with Crippen molar-refractivity contribution in [1.82, 2.24) is 4.31 Å². The van der Waals surface area contributed by atoms with E-state index in [9.17, 15) is 17.6 Å². The Morgan fingerprint density at radius 2 is 1.67 bits per heavy atom. The molecule has 1 saturated heterocycles. The van der Waals surface area contributed by atoms with Gasteiger partial charge in [0.15, 0.2) is 0 Å². The van der Waals surface area contributed by atoms with E-state index in [1.54, 1.807) is 0 Å². The zero-order valence-corrected chi connectivity index (χ0v) is 19.3. The average Bonchev–Trinajstić information content (AvgIpc) is 2.69. The fourth-order valence-corrected chi connectivity index (χ4v) is 5.70. The SMILES string of the molecule is O=C(Nc1cc(Cl)c(Cl)cc1Cl)C1CCN(S(=O)(=O)Cc2c(F)cccc2Cl)CC1. The molecule has 1 amide bonds. The zero-order chi connectivity index (χ0) is 22.1. The summed E-state index contributed by atoms with van der Waals surface area (Å²) in [4.78, 5) is 12.6. The Morgan fingerprint density at radius 1 is 1.03 bits per heavy atom. The summed E-state index contributed by atoms with van der Waals surface area (Å²) in [5, 5.41) is 3.54. The van der Waals surface area contributed by atoms with Crippen LogP contribution in [0.5, 0.6) is 0 Å². The first-order chi connectivity index (χ1) is 14.1. The van der Waals surface area contributed by atoms with Crippen molar-refractivity contribution in [2.45, 2.75) is 18.6 Å². The first kappa shape index (κ1) is 23.6. The molecular weight excluding hydrogens is 497 g/mol. The fourth-order valence-electron chi connectivity index (χ4n) is 3.19. The number of anilines is 1. The number of rotatable bonds is 5. The van der Waals surface area contributed by atoms with E-state index >= 15 is 0 Å². The minimum Gasteiger partial charge on any atom is -0.324 e. The summed E-state index contributed by atoms with van der Waals surface area (Å²) < 4.78 is 40.6. The van der Waals surface area contributed by atoms with Gasteiger partial charge in [-0.3, -0.25) is 4.79 Å². The van der Waals surface area contributed by atoms with Crippen LogP contribution in [0.25, 0.3) is 0 Å². The lowest BCUT2D eigenvalue weighted by Crippen LogP contribution is -2.42. The molecule has 1 heterocycles. The van der Waals surface area contributed by atoms with Gasteiger partial charge in [0.1, 0.15) is 5.82 Å². The molecule has 2 aromatic rings. The first-order valence-electron chi connectivity index (χ1n) is 8.94. The van der Waals surface area contributed by atoms with E-state index < -0.39 is 27.5 Å². The van der Waals surface area contributed by atoms with Gasteiger partial charge in [-0.25, -0.2) is 17.1 Å². The fraction of sp³-hybridized carbons (Fsp3) is 0.316. The van der Waals surface area contributed by atoms with Gasteiger partial charge in [0.2, 0.25) is 15.9 Å². The molecule has 1 N–H and O–H groups in total. The third kappa shape index (κ3) is 5.39. The second kappa shape index (κ2) is 9.59. The first-order valence-corrected chi connectivity index (χ1v) is 12.1. The van der Waals surface area contributed by atoms with E-state index in [-0.39, 0.29) is 44.7 Å². The van der Waals surface area contributed by atoms with Crippen LogP contribution >= 0.6 is 46.4 Å². The lowest BCUT2D eigenvalue weighted by Gasteiger charge is -2.30. The van der Waals surface area contributed by atoms with Crippen molar-refractivity contribution in [1.29, 1.82) is 0 Å². The van der Waals surface area contributed by atoms with Crippen molar-refractivity contribution in [2.75, 3.05) is 18.4 Å². The number of nitrogens with zero attached hydrogens (tertiary/aromatic N) is 1. The smallest absolute Gasteiger partial charge is 0.227 e. The van der Waals surface area contributed by atoms with Crippen molar-refractivity contribution < 1.29 is 17.6 Å². The summed E-state index contributed by atoms with van der Waals surface area (Å²) >= 11 is 23.9. The molecule has 0 aromatic heterocycles. The number of nitrogens with one attached hydrogen (secondary N) is 1. The molecule has 0 radical (unpaired) electrons. The Bertz CT molecular complexity index is 1050. The van der Waals surface area contributed by atoms with Gasteiger partial charge in [-0.05, 0) is 37.1 Å². The Hall–Kier alpha value is -1.09. The Kier molecular flexibility index (Phi) is 7.53. The van der Waals surface area contributed by atoms with E-state index in [0.29, 0.717) is 18.5 Å². The minimum absolute atomic E-state index is 0.0614. The number of carbonyl (C=O) groups excluding carboxylic acids is 1. The molecule has 1 fully saturated rings. The quantitative estimate of drug-likeness (QED) is 0.527. The molecule has 0 bridgehead atoms. The van der Waals surface area contributed by atoms with E-state index in [0.717, 1.165) is 0 Å². The van der Waals surface area contributed by atoms with Gasteiger partial charge in [0, 0.05) is 29.6 Å². The van der Waals surface area contributed by atoms with Gasteiger partial charge in [0.25, 0.3) is 0 Å². The summed E-state index contributed by atoms with van der Waals surface area (Å²) in [5.41, 5.74) is 0.272. The lowest BCUT2D eigenvalue weighted by molar-refractivity contribution is -0.120. The standard InChI is InChI=1S/C19H17Cl4FN2O3S/c20-13-2-1-3-17(24)12(13)10-30(28,29)26-6-4-11(5-7-26)19(27)25-18-9-15(22)14(21)8-16(18)23/h1-3,8-9,11H,4-7,10H2,(H,25,27). The van der Waals surface area contributed by atoms with Crippen molar-refractivity contribution in [3.8, 4) is 0 Å². The number of halogens is 5. The Morgan fingerprint density at radius 3 is 2.30 bits per heavy atom. The van der Waals surface area contributed by atoms with E-state index in [2.05, 4.69) is 5.32 Å². The predicted octanol–water partition coefficient (Wildman–Crippen LogP) is 5.62. The van der Waals surface area contributed by atoms with E-state index in [1.807, 2.05) is 0 Å². The van der Waals surface area contributed by atoms with Crippen LogP contribution < -0.4 is 5.32 Å². The van der Waals surface area contributed by atoms with Crippen LogP contribution in [0.1, 0.15) is 18.4 Å². The number of benzene rings is 2. The second-order valence-corrected chi connectivity index (χ2v) is 10.5. The predicted molar refractivity (Wildman–Crippen MR) is 118 cm³/mol. The van der Waals surface area contributed by atoms with Gasteiger partial charge in [0.05, 0.1) is 26.5 Å². The molecule has 0 atom stereocenters. The zero-order valence-electron chi connectivity index (χ0n) is 15.5. The molecule has 5 nitrogen and oxygen atoms in total. The Balaban J connectivity index is 1.63. The molecule has 1 aliphatic heterocycles. The van der Waals surface area contributed by atoms with Crippen LogP contribution in [-0.4, -0.2) is 31.7 Å². The molecule has 162 valence electrons. The highest BCUT2D eigenvalue weighted by Gasteiger charge is 2.32. The maximum Gasteiger partial charge on any atom is 0.227 e. The molecule has 0 spiro atoms. The van der Waals surface area contributed by atoms with Crippen molar-refractivity contribution in [2.24, 2.45) is 5.92 Å². The molecule has 3 rings (SSSR count). The van der Waals surface area contributed by atoms with Crippen LogP contribution in [0, 0.1) is 11.7 Å².